The van der Waals surface area contributed by atoms with E-state index >= 15 is 0 Å². The zero-order valence-electron chi connectivity index (χ0n) is 12.1. The number of rotatable bonds is 3. The number of hydrogen-bond donors (Lipinski definition) is 2. The third-order valence-electron chi connectivity index (χ3n) is 3.13. The first kappa shape index (κ1) is 15.3. The molecule has 1 aromatic rings. The number of aromatic nitrogens is 2. The van der Waals surface area contributed by atoms with Gasteiger partial charge >= 0.3 is 12.2 Å². The van der Waals surface area contributed by atoms with Crippen LogP contribution >= 0.6 is 0 Å². The van der Waals surface area contributed by atoms with E-state index < -0.39 is 18.3 Å². The fraction of sp³-hybridized carbons (Fsp3) is 0.615. The lowest BCUT2D eigenvalue weighted by Crippen LogP contribution is -2.34. The van der Waals surface area contributed by atoms with Crippen molar-refractivity contribution in [3.63, 3.8) is 0 Å². The van der Waals surface area contributed by atoms with Crippen LogP contribution in [-0.4, -0.2) is 46.3 Å². The third kappa shape index (κ3) is 4.19. The number of alkyl carbamates (subject to hydrolysis) is 1. The van der Waals surface area contributed by atoms with E-state index in [-0.39, 0.29) is 18.2 Å². The molecule has 0 aromatic carbocycles. The maximum absolute atomic E-state index is 11.8. The van der Waals surface area contributed by atoms with Crippen LogP contribution in [0.25, 0.3) is 0 Å². The second-order valence-electron chi connectivity index (χ2n) is 5.33. The van der Waals surface area contributed by atoms with E-state index in [1.54, 1.807) is 6.07 Å². The molecule has 1 aliphatic carbocycles. The van der Waals surface area contributed by atoms with Crippen molar-refractivity contribution < 1.29 is 19.1 Å². The van der Waals surface area contributed by atoms with Crippen molar-refractivity contribution in [1.82, 2.24) is 15.1 Å². The van der Waals surface area contributed by atoms with Crippen molar-refractivity contribution in [3.05, 3.63) is 18.5 Å². The molecule has 1 aromatic heterocycles. The topological polar surface area (TPSA) is 108 Å². The van der Waals surface area contributed by atoms with E-state index in [2.05, 4.69) is 10.4 Å². The minimum Gasteiger partial charge on any atom is -0.446 e. The van der Waals surface area contributed by atoms with Crippen molar-refractivity contribution in [2.75, 3.05) is 0 Å². The zero-order chi connectivity index (χ0) is 15.4. The molecular weight excluding hydrogens is 276 g/mol. The van der Waals surface area contributed by atoms with Crippen LogP contribution < -0.4 is 11.1 Å². The number of nitrogens with one attached hydrogen (secondary N) is 1. The van der Waals surface area contributed by atoms with Crippen molar-refractivity contribution in [2.24, 2.45) is 5.73 Å². The predicted molar refractivity (Wildman–Crippen MR) is 73.6 cm³/mol. The molecular formula is C13H20N4O4. The van der Waals surface area contributed by atoms with Crippen LogP contribution in [0.4, 0.5) is 9.59 Å². The van der Waals surface area contributed by atoms with Gasteiger partial charge in [-0.25, -0.2) is 9.59 Å². The molecule has 8 heteroatoms. The van der Waals surface area contributed by atoms with Crippen molar-refractivity contribution in [2.45, 2.75) is 51.0 Å². The molecule has 3 N–H and O–H groups in total. The predicted octanol–water partition coefficient (Wildman–Crippen LogP) is 0.861. The highest BCUT2D eigenvalue weighted by atomic mass is 16.6. The maximum atomic E-state index is 11.8. The average molecular weight is 296 g/mol. The Morgan fingerprint density at radius 3 is 2.76 bits per heavy atom. The fourth-order valence-corrected chi connectivity index (χ4v) is 2.20. The average Bonchev–Trinajstić information content (AvgIpc) is 2.99. The summed E-state index contributed by atoms with van der Waals surface area (Å²) in [5.74, 6) is 0. The molecule has 1 heterocycles. The van der Waals surface area contributed by atoms with Crippen LogP contribution in [0.5, 0.6) is 0 Å². The second kappa shape index (κ2) is 6.57. The number of carbonyl (C=O) groups is 2. The lowest BCUT2D eigenvalue weighted by atomic mass is 10.2. The largest absolute Gasteiger partial charge is 0.446 e. The van der Waals surface area contributed by atoms with E-state index in [0.29, 0.717) is 12.8 Å². The summed E-state index contributed by atoms with van der Waals surface area (Å²) in [6.45, 7) is 3.69. The number of nitrogens with two attached hydrogens (primary N) is 1. The fourth-order valence-electron chi connectivity index (χ4n) is 2.20. The van der Waals surface area contributed by atoms with Crippen molar-refractivity contribution in [3.8, 4) is 0 Å². The lowest BCUT2D eigenvalue weighted by Gasteiger charge is -2.15. The van der Waals surface area contributed by atoms with E-state index in [1.165, 1.54) is 12.4 Å². The summed E-state index contributed by atoms with van der Waals surface area (Å²) in [5, 5.41) is 6.43. The maximum Gasteiger partial charge on any atom is 0.434 e. The monoisotopic (exact) mass is 296 g/mol. The van der Waals surface area contributed by atoms with E-state index in [9.17, 15) is 9.59 Å². The standard InChI is InChI=1S/C13H20N4O4/c1-8(2)16-12(18)20-9-6-10(14)11(7-9)21-13(19)17-5-3-4-15-17/h3-5,8-11H,6-7,14H2,1-2H3,(H,16,18)/t9-,10?,11+/m1/s1. The molecule has 8 nitrogen and oxygen atoms in total. The molecule has 116 valence electrons. The smallest absolute Gasteiger partial charge is 0.434 e. The second-order valence-corrected chi connectivity index (χ2v) is 5.33. The van der Waals surface area contributed by atoms with Crippen molar-refractivity contribution >= 4 is 12.2 Å². The molecule has 1 fully saturated rings. The van der Waals surface area contributed by atoms with Crippen LogP contribution in [0.3, 0.4) is 0 Å². The third-order valence-corrected chi connectivity index (χ3v) is 3.13. The minimum atomic E-state index is -0.590. The first-order chi connectivity index (χ1) is 9.95. The van der Waals surface area contributed by atoms with Gasteiger partial charge in [0, 0.05) is 37.3 Å². The molecule has 1 amide bonds. The Kier molecular flexibility index (Phi) is 4.79. The first-order valence-corrected chi connectivity index (χ1v) is 6.89. The molecule has 21 heavy (non-hydrogen) atoms. The molecule has 0 radical (unpaired) electrons. The zero-order valence-corrected chi connectivity index (χ0v) is 12.1. The Hall–Kier alpha value is -2.09. The van der Waals surface area contributed by atoms with Crippen LogP contribution in [0.1, 0.15) is 26.7 Å². The molecule has 0 aliphatic heterocycles. The number of nitrogens with zero attached hydrogens (tertiary/aromatic N) is 2. The Bertz CT molecular complexity index is 488. The summed E-state index contributed by atoms with van der Waals surface area (Å²) in [7, 11) is 0. The van der Waals surface area contributed by atoms with Gasteiger partial charge in [0.05, 0.1) is 0 Å². The Labute approximate surface area is 122 Å². The summed E-state index contributed by atoms with van der Waals surface area (Å²) in [5.41, 5.74) is 5.93. The highest BCUT2D eigenvalue weighted by Crippen LogP contribution is 2.24. The molecule has 1 aliphatic rings. The van der Waals surface area contributed by atoms with Crippen LogP contribution in [-0.2, 0) is 9.47 Å². The molecule has 3 atom stereocenters. The summed E-state index contributed by atoms with van der Waals surface area (Å²) in [4.78, 5) is 23.3. The molecule has 0 spiro atoms. The first-order valence-electron chi connectivity index (χ1n) is 6.89. The van der Waals surface area contributed by atoms with E-state index in [0.717, 1.165) is 4.68 Å². The number of ether oxygens (including phenoxy) is 2. The Balaban J connectivity index is 1.83. The highest BCUT2D eigenvalue weighted by molar-refractivity contribution is 5.69. The van der Waals surface area contributed by atoms with Gasteiger partial charge < -0.3 is 20.5 Å². The quantitative estimate of drug-likeness (QED) is 0.856. The van der Waals surface area contributed by atoms with Gasteiger partial charge in [0.2, 0.25) is 0 Å². The molecule has 1 unspecified atom stereocenters. The Morgan fingerprint density at radius 1 is 1.38 bits per heavy atom. The molecule has 2 rings (SSSR count). The number of hydrogen-bond acceptors (Lipinski definition) is 6. The van der Waals surface area contributed by atoms with Crippen molar-refractivity contribution in [1.29, 1.82) is 0 Å². The van der Waals surface area contributed by atoms with Crippen LogP contribution in [0.2, 0.25) is 0 Å². The summed E-state index contributed by atoms with van der Waals surface area (Å²) in [6, 6.07) is 1.26. The Morgan fingerprint density at radius 2 is 2.14 bits per heavy atom. The normalized spacial score (nSPS) is 24.9. The van der Waals surface area contributed by atoms with Gasteiger partial charge in [-0.15, -0.1) is 0 Å². The minimum absolute atomic E-state index is 0.000941. The SMILES string of the molecule is CC(C)NC(=O)O[C@@H]1CC(N)[C@@H](OC(=O)n2cccn2)C1. The van der Waals surface area contributed by atoms with Gasteiger partial charge in [0.1, 0.15) is 12.2 Å². The summed E-state index contributed by atoms with van der Waals surface area (Å²) < 4.78 is 11.6. The van der Waals surface area contributed by atoms with E-state index in [4.69, 9.17) is 15.2 Å². The van der Waals surface area contributed by atoms with Gasteiger partial charge in [-0.2, -0.15) is 9.78 Å². The number of amides is 1. The van der Waals surface area contributed by atoms with Gasteiger partial charge in [-0.05, 0) is 19.9 Å². The lowest BCUT2D eigenvalue weighted by molar-refractivity contribution is 0.0710. The molecule has 1 saturated carbocycles. The van der Waals surface area contributed by atoms with Gasteiger partial charge in [-0.1, -0.05) is 0 Å². The van der Waals surface area contributed by atoms with E-state index in [1.807, 2.05) is 13.8 Å². The van der Waals surface area contributed by atoms with Gasteiger partial charge in [0.15, 0.2) is 0 Å². The van der Waals surface area contributed by atoms with Gasteiger partial charge in [0.25, 0.3) is 0 Å². The molecule has 0 saturated heterocycles. The van der Waals surface area contributed by atoms with Gasteiger partial charge in [-0.3, -0.25) is 0 Å². The summed E-state index contributed by atoms with van der Waals surface area (Å²) >= 11 is 0. The van der Waals surface area contributed by atoms with Crippen LogP contribution in [0, 0.1) is 0 Å². The molecule has 0 bridgehead atoms. The highest BCUT2D eigenvalue weighted by Gasteiger charge is 2.37. The van der Waals surface area contributed by atoms with Crippen LogP contribution in [0.15, 0.2) is 18.5 Å². The number of carbonyl (C=O) groups excluding carboxylic acids is 2. The summed E-state index contributed by atoms with van der Waals surface area (Å²) in [6.07, 6.45) is 1.91.